The van der Waals surface area contributed by atoms with Crippen LogP contribution in [-0.2, 0) is 11.2 Å². The monoisotopic (exact) mass is 322 g/mol. The summed E-state index contributed by atoms with van der Waals surface area (Å²) in [5.41, 5.74) is 9.28. The van der Waals surface area contributed by atoms with Crippen LogP contribution in [0.4, 0.5) is 11.4 Å². The number of ether oxygens (including phenoxy) is 1. The Balaban J connectivity index is 1.97. The molecular formula is C20H22N2O2. The predicted octanol–water partition coefficient (Wildman–Crippen LogP) is 4.05. The van der Waals surface area contributed by atoms with E-state index in [1.165, 1.54) is 11.6 Å². The highest BCUT2D eigenvalue weighted by Crippen LogP contribution is 2.23. The lowest BCUT2D eigenvalue weighted by atomic mass is 10.1. The molecule has 0 radical (unpaired) electrons. The maximum absolute atomic E-state index is 12.0. The normalized spacial score (nSPS) is 10.5. The van der Waals surface area contributed by atoms with Gasteiger partial charge in [-0.25, -0.2) is 0 Å². The molecule has 0 aliphatic carbocycles. The van der Waals surface area contributed by atoms with Gasteiger partial charge in [-0.05, 0) is 47.9 Å². The Morgan fingerprint density at radius 1 is 1.25 bits per heavy atom. The van der Waals surface area contributed by atoms with E-state index in [4.69, 9.17) is 10.5 Å². The molecule has 0 saturated carbocycles. The van der Waals surface area contributed by atoms with Crippen molar-refractivity contribution in [3.63, 3.8) is 0 Å². The smallest absolute Gasteiger partial charge is 0.248 e. The maximum Gasteiger partial charge on any atom is 0.248 e. The fourth-order valence-electron chi connectivity index (χ4n) is 2.13. The minimum Gasteiger partial charge on any atom is -0.487 e. The highest BCUT2D eigenvalue weighted by atomic mass is 16.5. The first-order chi connectivity index (χ1) is 11.6. The molecule has 0 aliphatic heterocycles. The predicted molar refractivity (Wildman–Crippen MR) is 100 cm³/mol. The molecule has 4 heteroatoms. The van der Waals surface area contributed by atoms with Gasteiger partial charge in [0.05, 0.1) is 5.69 Å². The summed E-state index contributed by atoms with van der Waals surface area (Å²) in [7, 11) is 0. The molecule has 0 fully saturated rings. The second kappa shape index (κ2) is 8.58. The van der Waals surface area contributed by atoms with Gasteiger partial charge in [-0.3, -0.25) is 4.79 Å². The van der Waals surface area contributed by atoms with E-state index in [0.717, 1.165) is 17.7 Å². The van der Waals surface area contributed by atoms with E-state index in [1.807, 2.05) is 30.3 Å². The zero-order chi connectivity index (χ0) is 17.4. The number of amides is 1. The molecule has 2 aromatic rings. The second-order valence-corrected chi connectivity index (χ2v) is 5.27. The van der Waals surface area contributed by atoms with Gasteiger partial charge in [0.2, 0.25) is 5.91 Å². The summed E-state index contributed by atoms with van der Waals surface area (Å²) in [4.78, 5) is 12.0. The van der Waals surface area contributed by atoms with E-state index >= 15 is 0 Å². The van der Waals surface area contributed by atoms with Gasteiger partial charge in [-0.1, -0.05) is 37.8 Å². The molecule has 0 aliphatic rings. The Bertz CT molecular complexity index is 734. The van der Waals surface area contributed by atoms with Gasteiger partial charge >= 0.3 is 0 Å². The van der Waals surface area contributed by atoms with Gasteiger partial charge in [0, 0.05) is 11.8 Å². The Morgan fingerprint density at radius 2 is 2.00 bits per heavy atom. The van der Waals surface area contributed by atoms with Crippen molar-refractivity contribution >= 4 is 23.4 Å². The van der Waals surface area contributed by atoms with E-state index in [1.54, 1.807) is 24.3 Å². The van der Waals surface area contributed by atoms with Crippen molar-refractivity contribution in [3.05, 3.63) is 72.3 Å². The van der Waals surface area contributed by atoms with Crippen molar-refractivity contribution in [2.45, 2.75) is 13.3 Å². The molecule has 24 heavy (non-hydrogen) atoms. The highest BCUT2D eigenvalue weighted by Gasteiger charge is 2.01. The first-order valence-electron chi connectivity index (χ1n) is 7.83. The van der Waals surface area contributed by atoms with E-state index in [2.05, 4.69) is 18.8 Å². The molecule has 0 saturated heterocycles. The summed E-state index contributed by atoms with van der Waals surface area (Å²) in [6.45, 7) is 6.09. The Morgan fingerprint density at radius 3 is 2.62 bits per heavy atom. The molecule has 2 aromatic carbocycles. The Hall–Kier alpha value is -3.01. The number of hydrogen-bond acceptors (Lipinski definition) is 3. The lowest BCUT2D eigenvalue weighted by Gasteiger charge is -2.07. The standard InChI is InChI=1S/C20H22N2O2/c1-3-13-24-19-11-7-16(14-18(19)21)8-12-20(23)22-17-9-5-15(4-2)6-10-17/h3,5-12,14H,1,4,13,21H2,2H3,(H,22,23)/b12-8-. The number of nitrogen functional groups attached to an aromatic ring is 1. The van der Waals surface area contributed by atoms with Gasteiger partial charge in [0.25, 0.3) is 0 Å². The number of carbonyl (C=O) groups is 1. The summed E-state index contributed by atoms with van der Waals surface area (Å²) in [6, 6.07) is 13.2. The van der Waals surface area contributed by atoms with Crippen LogP contribution in [0.5, 0.6) is 5.75 Å². The van der Waals surface area contributed by atoms with E-state index in [9.17, 15) is 4.79 Å². The first-order valence-corrected chi connectivity index (χ1v) is 7.83. The molecule has 2 rings (SSSR count). The van der Waals surface area contributed by atoms with Crippen molar-refractivity contribution in [3.8, 4) is 5.75 Å². The molecule has 0 unspecified atom stereocenters. The van der Waals surface area contributed by atoms with Crippen LogP contribution >= 0.6 is 0 Å². The van der Waals surface area contributed by atoms with Crippen LogP contribution < -0.4 is 15.8 Å². The average molecular weight is 322 g/mol. The molecule has 0 spiro atoms. The van der Waals surface area contributed by atoms with Crippen molar-refractivity contribution in [2.24, 2.45) is 0 Å². The van der Waals surface area contributed by atoms with Crippen LogP contribution in [0, 0.1) is 0 Å². The second-order valence-electron chi connectivity index (χ2n) is 5.27. The summed E-state index contributed by atoms with van der Waals surface area (Å²) in [6.07, 6.45) is 5.82. The van der Waals surface area contributed by atoms with Crippen LogP contribution in [0.3, 0.4) is 0 Å². The van der Waals surface area contributed by atoms with Gasteiger partial charge in [0.15, 0.2) is 0 Å². The minimum absolute atomic E-state index is 0.190. The number of nitrogens with one attached hydrogen (secondary N) is 1. The van der Waals surface area contributed by atoms with Gasteiger partial charge in [0.1, 0.15) is 12.4 Å². The van der Waals surface area contributed by atoms with Gasteiger partial charge < -0.3 is 15.8 Å². The largest absolute Gasteiger partial charge is 0.487 e. The summed E-state index contributed by atoms with van der Waals surface area (Å²) >= 11 is 0. The molecule has 0 heterocycles. The fraction of sp³-hybridized carbons (Fsp3) is 0.150. The third-order valence-corrected chi connectivity index (χ3v) is 3.45. The van der Waals surface area contributed by atoms with Crippen molar-refractivity contribution < 1.29 is 9.53 Å². The Labute approximate surface area is 142 Å². The zero-order valence-electron chi connectivity index (χ0n) is 13.8. The summed E-state index contributed by atoms with van der Waals surface area (Å²) in [5.74, 6) is 0.414. The average Bonchev–Trinajstić information content (AvgIpc) is 2.60. The number of benzene rings is 2. The molecule has 3 N–H and O–H groups in total. The fourth-order valence-corrected chi connectivity index (χ4v) is 2.13. The molecular weight excluding hydrogens is 300 g/mol. The molecule has 0 bridgehead atoms. The first kappa shape index (κ1) is 17.3. The van der Waals surface area contributed by atoms with Crippen molar-refractivity contribution in [1.82, 2.24) is 0 Å². The number of carbonyl (C=O) groups excluding carboxylic acids is 1. The van der Waals surface area contributed by atoms with Crippen molar-refractivity contribution in [1.29, 1.82) is 0 Å². The van der Waals surface area contributed by atoms with E-state index in [-0.39, 0.29) is 5.91 Å². The van der Waals surface area contributed by atoms with Crippen LogP contribution in [0.1, 0.15) is 18.1 Å². The lowest BCUT2D eigenvalue weighted by Crippen LogP contribution is -2.07. The topological polar surface area (TPSA) is 64.3 Å². The van der Waals surface area contributed by atoms with Crippen molar-refractivity contribution in [2.75, 3.05) is 17.7 Å². The van der Waals surface area contributed by atoms with E-state index in [0.29, 0.717) is 18.0 Å². The molecule has 0 aromatic heterocycles. The number of hydrogen-bond donors (Lipinski definition) is 2. The SMILES string of the molecule is C=CCOc1ccc(/C=C\C(=O)Nc2ccc(CC)cc2)cc1N. The van der Waals surface area contributed by atoms with Crippen LogP contribution in [0.25, 0.3) is 6.08 Å². The quantitative estimate of drug-likeness (QED) is 0.459. The molecule has 1 amide bonds. The third kappa shape index (κ3) is 5.02. The summed E-state index contributed by atoms with van der Waals surface area (Å²) in [5, 5.41) is 2.82. The van der Waals surface area contributed by atoms with Gasteiger partial charge in [-0.2, -0.15) is 0 Å². The van der Waals surface area contributed by atoms with Crippen LogP contribution in [0.2, 0.25) is 0 Å². The number of anilines is 2. The van der Waals surface area contributed by atoms with Crippen LogP contribution in [-0.4, -0.2) is 12.5 Å². The highest BCUT2D eigenvalue weighted by molar-refractivity contribution is 6.02. The molecule has 0 atom stereocenters. The number of nitrogens with two attached hydrogens (primary N) is 1. The Kier molecular flexibility index (Phi) is 6.20. The summed E-state index contributed by atoms with van der Waals surface area (Å²) < 4.78 is 5.42. The van der Waals surface area contributed by atoms with Gasteiger partial charge in [-0.15, -0.1) is 0 Å². The minimum atomic E-state index is -0.190. The van der Waals surface area contributed by atoms with E-state index < -0.39 is 0 Å². The number of rotatable bonds is 7. The zero-order valence-corrected chi connectivity index (χ0v) is 13.8. The number of aryl methyl sites for hydroxylation is 1. The van der Waals surface area contributed by atoms with Crippen LogP contribution in [0.15, 0.2) is 61.2 Å². The lowest BCUT2D eigenvalue weighted by molar-refractivity contribution is -0.111. The molecule has 124 valence electrons. The third-order valence-electron chi connectivity index (χ3n) is 3.45. The molecule has 4 nitrogen and oxygen atoms in total. The maximum atomic E-state index is 12.0.